The van der Waals surface area contributed by atoms with Crippen LogP contribution in [-0.2, 0) is 0 Å². The Bertz CT molecular complexity index is 1050. The van der Waals surface area contributed by atoms with E-state index in [9.17, 15) is 0 Å². The van der Waals surface area contributed by atoms with Crippen LogP contribution in [0.4, 0.5) is 22.7 Å². The smallest absolute Gasteiger partial charge is 0.143 e. The van der Waals surface area contributed by atoms with E-state index in [-0.39, 0.29) is 12.5 Å². The van der Waals surface area contributed by atoms with Crippen LogP contribution < -0.4 is 33.4 Å². The number of ether oxygens (including phenoxy) is 1. The molecule has 0 saturated heterocycles. The predicted octanol–water partition coefficient (Wildman–Crippen LogP) is 4.95. The molecule has 198 valence electrons. The minimum atomic E-state index is 0.130. The summed E-state index contributed by atoms with van der Waals surface area (Å²) in [6.45, 7) is 8.98. The minimum absolute atomic E-state index is 0.130. The highest BCUT2D eigenvalue weighted by molar-refractivity contribution is 5.63. The van der Waals surface area contributed by atoms with Crippen molar-refractivity contribution in [2.75, 3.05) is 43.2 Å². The van der Waals surface area contributed by atoms with E-state index in [1.807, 2.05) is 51.1 Å². The van der Waals surface area contributed by atoms with E-state index in [2.05, 4.69) is 19.1 Å². The molecule has 11 N–H and O–H groups in total. The van der Waals surface area contributed by atoms with Crippen LogP contribution in [0.25, 0.3) is 0 Å². The molecule has 0 saturated carbocycles. The summed E-state index contributed by atoms with van der Waals surface area (Å²) in [4.78, 5) is 0. The molecule has 0 amide bonds. The standard InChI is InChI=1S/C11H18N2.C10H15NO.C8H12N2O/c1-2-9(7-8-12)10-3-5-11(13)6-4-10;1-7-3-4-10(11)9(5-7)8(2)6-12;1-5-3-7(10)8(11-2)4-6(5)9/h3-6,9H,2,7-8,12-13H2,1H3;3-5,8,12H,6,11H2,1-2H3;3-4H,9-10H2,1-2H3. The van der Waals surface area contributed by atoms with E-state index in [0.717, 1.165) is 41.9 Å². The van der Waals surface area contributed by atoms with E-state index in [1.165, 1.54) is 11.1 Å². The monoisotopic (exact) mass is 495 g/mol. The van der Waals surface area contributed by atoms with Gasteiger partial charge in [0.25, 0.3) is 0 Å². The lowest BCUT2D eigenvalue weighted by Gasteiger charge is -2.13. The van der Waals surface area contributed by atoms with Crippen LogP contribution in [-0.4, -0.2) is 25.4 Å². The Kier molecular flexibility index (Phi) is 13.2. The largest absolute Gasteiger partial charge is 0.495 e. The average Bonchev–Trinajstić information content (AvgIpc) is 2.87. The first-order valence-corrected chi connectivity index (χ1v) is 12.3. The third-order valence-corrected chi connectivity index (χ3v) is 6.08. The number of rotatable bonds is 7. The van der Waals surface area contributed by atoms with Gasteiger partial charge in [0.2, 0.25) is 0 Å². The normalized spacial score (nSPS) is 11.9. The van der Waals surface area contributed by atoms with E-state index >= 15 is 0 Å². The number of nitrogens with two attached hydrogens (primary N) is 5. The van der Waals surface area contributed by atoms with Gasteiger partial charge in [0.15, 0.2) is 0 Å². The molecular formula is C29H45N5O2. The number of benzene rings is 3. The van der Waals surface area contributed by atoms with Gasteiger partial charge < -0.3 is 38.5 Å². The summed E-state index contributed by atoms with van der Waals surface area (Å²) in [7, 11) is 1.57. The van der Waals surface area contributed by atoms with Crippen molar-refractivity contribution in [2.24, 2.45) is 5.73 Å². The Balaban J connectivity index is 0.000000271. The Morgan fingerprint density at radius 1 is 0.861 bits per heavy atom. The molecule has 0 aromatic heterocycles. The summed E-state index contributed by atoms with van der Waals surface area (Å²) in [5.74, 6) is 1.35. The maximum atomic E-state index is 8.95. The number of hydrogen-bond donors (Lipinski definition) is 6. The van der Waals surface area contributed by atoms with Gasteiger partial charge in [-0.1, -0.05) is 43.7 Å². The molecule has 0 fully saturated rings. The maximum Gasteiger partial charge on any atom is 0.143 e. The van der Waals surface area contributed by atoms with E-state index in [0.29, 0.717) is 23.0 Å². The number of aliphatic hydroxyl groups excluding tert-OH is 1. The molecule has 3 aromatic rings. The van der Waals surface area contributed by atoms with Gasteiger partial charge in [0, 0.05) is 35.7 Å². The first-order chi connectivity index (χ1) is 17.1. The molecule has 0 bridgehead atoms. The van der Waals surface area contributed by atoms with Gasteiger partial charge in [-0.2, -0.15) is 0 Å². The van der Waals surface area contributed by atoms with Gasteiger partial charge in [-0.05, 0) is 80.1 Å². The molecule has 0 heterocycles. The second kappa shape index (κ2) is 15.5. The van der Waals surface area contributed by atoms with Gasteiger partial charge in [0.1, 0.15) is 5.75 Å². The maximum absolute atomic E-state index is 8.95. The molecular weight excluding hydrogens is 450 g/mol. The van der Waals surface area contributed by atoms with Crippen molar-refractivity contribution < 1.29 is 9.84 Å². The van der Waals surface area contributed by atoms with E-state index in [1.54, 1.807) is 19.2 Å². The zero-order valence-electron chi connectivity index (χ0n) is 22.4. The van der Waals surface area contributed by atoms with Crippen molar-refractivity contribution in [2.45, 2.75) is 52.4 Å². The van der Waals surface area contributed by atoms with Crippen molar-refractivity contribution in [1.82, 2.24) is 0 Å². The third kappa shape index (κ3) is 9.68. The summed E-state index contributed by atoms with van der Waals surface area (Å²) in [5.41, 5.74) is 35.6. The van der Waals surface area contributed by atoms with Gasteiger partial charge in [-0.25, -0.2) is 0 Å². The zero-order valence-corrected chi connectivity index (χ0v) is 22.4. The van der Waals surface area contributed by atoms with Gasteiger partial charge in [0.05, 0.1) is 12.8 Å². The van der Waals surface area contributed by atoms with Gasteiger partial charge >= 0.3 is 0 Å². The molecule has 0 spiro atoms. The Labute approximate surface area is 216 Å². The topological polar surface area (TPSA) is 160 Å². The summed E-state index contributed by atoms with van der Waals surface area (Å²) in [6, 6.07) is 17.5. The lowest BCUT2D eigenvalue weighted by Crippen LogP contribution is -2.06. The van der Waals surface area contributed by atoms with Crippen molar-refractivity contribution in [3.05, 3.63) is 76.9 Å². The second-order valence-electron chi connectivity index (χ2n) is 9.02. The Morgan fingerprint density at radius 2 is 1.50 bits per heavy atom. The number of aryl methyl sites for hydroxylation is 2. The molecule has 2 atom stereocenters. The summed E-state index contributed by atoms with van der Waals surface area (Å²) in [5, 5.41) is 8.95. The lowest BCUT2D eigenvalue weighted by molar-refractivity contribution is 0.273. The molecule has 0 aliphatic rings. The first-order valence-electron chi connectivity index (χ1n) is 12.3. The lowest BCUT2D eigenvalue weighted by atomic mass is 9.93. The highest BCUT2D eigenvalue weighted by atomic mass is 16.5. The Morgan fingerprint density at radius 3 is 2.03 bits per heavy atom. The van der Waals surface area contributed by atoms with Crippen molar-refractivity contribution >= 4 is 22.7 Å². The average molecular weight is 496 g/mol. The minimum Gasteiger partial charge on any atom is -0.495 e. The fourth-order valence-electron chi connectivity index (χ4n) is 3.70. The van der Waals surface area contributed by atoms with Crippen LogP contribution in [0.15, 0.2) is 54.6 Å². The molecule has 3 aromatic carbocycles. The van der Waals surface area contributed by atoms with E-state index in [4.69, 9.17) is 38.5 Å². The SMILES string of the molecule is CCC(CCN)c1ccc(N)cc1.COc1cc(N)c(C)cc1N.Cc1ccc(N)c(C(C)CO)c1. The van der Waals surface area contributed by atoms with Crippen LogP contribution in [0, 0.1) is 13.8 Å². The highest BCUT2D eigenvalue weighted by Gasteiger charge is 2.08. The predicted molar refractivity (Wildman–Crippen MR) is 155 cm³/mol. The molecule has 2 unspecified atom stereocenters. The fourth-order valence-corrected chi connectivity index (χ4v) is 3.70. The molecule has 0 aliphatic carbocycles. The first kappa shape index (κ1) is 30.6. The van der Waals surface area contributed by atoms with Crippen LogP contribution in [0.3, 0.4) is 0 Å². The van der Waals surface area contributed by atoms with Gasteiger partial charge in [-0.3, -0.25) is 0 Å². The van der Waals surface area contributed by atoms with Crippen molar-refractivity contribution in [1.29, 1.82) is 0 Å². The number of nitrogen functional groups attached to an aromatic ring is 4. The second-order valence-corrected chi connectivity index (χ2v) is 9.02. The third-order valence-electron chi connectivity index (χ3n) is 6.08. The van der Waals surface area contributed by atoms with Crippen molar-refractivity contribution in [3.63, 3.8) is 0 Å². The molecule has 7 nitrogen and oxygen atoms in total. The summed E-state index contributed by atoms with van der Waals surface area (Å²) >= 11 is 0. The highest BCUT2D eigenvalue weighted by Crippen LogP contribution is 2.26. The summed E-state index contributed by atoms with van der Waals surface area (Å²) in [6.07, 6.45) is 2.20. The molecule has 7 heteroatoms. The molecule has 3 rings (SSSR count). The molecule has 0 radical (unpaired) electrons. The van der Waals surface area contributed by atoms with Crippen LogP contribution in [0.1, 0.15) is 60.8 Å². The van der Waals surface area contributed by atoms with Gasteiger partial charge in [-0.15, -0.1) is 0 Å². The molecule has 0 aliphatic heterocycles. The van der Waals surface area contributed by atoms with Crippen LogP contribution in [0.2, 0.25) is 0 Å². The van der Waals surface area contributed by atoms with Crippen molar-refractivity contribution in [3.8, 4) is 5.75 Å². The number of methoxy groups -OCH3 is 1. The number of anilines is 4. The fraction of sp³-hybridized carbons (Fsp3) is 0.379. The Hall–Kier alpha value is -3.42. The van der Waals surface area contributed by atoms with Crippen LogP contribution >= 0.6 is 0 Å². The molecule has 36 heavy (non-hydrogen) atoms. The quantitative estimate of drug-likeness (QED) is 0.253. The van der Waals surface area contributed by atoms with E-state index < -0.39 is 0 Å². The summed E-state index contributed by atoms with van der Waals surface area (Å²) < 4.78 is 4.98. The number of aliphatic hydroxyl groups is 1. The van der Waals surface area contributed by atoms with Crippen LogP contribution in [0.5, 0.6) is 5.75 Å². The zero-order chi connectivity index (χ0) is 27.3. The number of hydrogen-bond acceptors (Lipinski definition) is 7.